The van der Waals surface area contributed by atoms with Crippen molar-refractivity contribution >= 4 is 29.4 Å². The Bertz CT molecular complexity index is 857. The van der Waals surface area contributed by atoms with Gasteiger partial charge in [-0.25, -0.2) is 4.79 Å². The summed E-state index contributed by atoms with van der Waals surface area (Å²) in [5, 5.41) is 14.3. The fraction of sp³-hybridized carbons (Fsp3) is 0.524. The Balaban J connectivity index is 1.54. The van der Waals surface area contributed by atoms with Gasteiger partial charge < -0.3 is 14.8 Å². The first kappa shape index (κ1) is 22.1. The van der Waals surface area contributed by atoms with Gasteiger partial charge in [-0.05, 0) is 51.0 Å². The zero-order valence-corrected chi connectivity index (χ0v) is 18.7. The minimum Gasteiger partial charge on any atom is -0.372 e. The molecular weight excluding hydrogens is 400 g/mol. The highest BCUT2D eigenvalue weighted by Crippen LogP contribution is 2.25. The summed E-state index contributed by atoms with van der Waals surface area (Å²) in [6.07, 6.45) is 4.21. The zero-order valence-electron chi connectivity index (χ0n) is 17.9. The monoisotopic (exact) mass is 430 g/mol. The first-order valence-corrected chi connectivity index (χ1v) is 11.5. The number of imide groups is 1. The second kappa shape index (κ2) is 10.5. The van der Waals surface area contributed by atoms with Gasteiger partial charge in [-0.1, -0.05) is 24.6 Å². The highest BCUT2D eigenvalue weighted by molar-refractivity contribution is 7.99. The van der Waals surface area contributed by atoms with Crippen LogP contribution in [0, 0.1) is 0 Å². The molecule has 3 amide bonds. The van der Waals surface area contributed by atoms with E-state index in [0.29, 0.717) is 5.16 Å². The van der Waals surface area contributed by atoms with Gasteiger partial charge in [0.05, 0.1) is 5.75 Å². The number of thioether (sulfide) groups is 1. The van der Waals surface area contributed by atoms with E-state index in [4.69, 9.17) is 0 Å². The molecule has 1 saturated carbocycles. The maximum atomic E-state index is 12.1. The number of hydrogen-bond acceptors (Lipinski definition) is 6. The summed E-state index contributed by atoms with van der Waals surface area (Å²) in [6, 6.07) is 8.00. The highest BCUT2D eigenvalue weighted by Gasteiger charge is 2.19. The van der Waals surface area contributed by atoms with Crippen LogP contribution in [0.5, 0.6) is 0 Å². The Morgan fingerprint density at radius 1 is 1.13 bits per heavy atom. The Morgan fingerprint density at radius 2 is 1.80 bits per heavy atom. The van der Waals surface area contributed by atoms with E-state index in [1.54, 1.807) is 0 Å². The first-order chi connectivity index (χ1) is 14.5. The lowest BCUT2D eigenvalue weighted by Crippen LogP contribution is -2.44. The normalized spacial score (nSPS) is 14.0. The smallest absolute Gasteiger partial charge is 0.321 e. The third-order valence-electron chi connectivity index (χ3n) is 5.36. The standard InChI is InChI=1S/C21H30N6O2S/c1-4-27(5-2)17-12-10-15(11-13-17)19-24-25-21(26(19)3)30-14-18(28)23-20(29)22-16-8-6-7-9-16/h10-13,16H,4-9,14H2,1-3H3,(H2,22,23,28,29). The van der Waals surface area contributed by atoms with Gasteiger partial charge in [0.25, 0.3) is 0 Å². The fourth-order valence-electron chi connectivity index (χ4n) is 3.69. The summed E-state index contributed by atoms with van der Waals surface area (Å²) >= 11 is 1.26. The average molecular weight is 431 g/mol. The number of carbonyl (C=O) groups excluding carboxylic acids is 2. The molecule has 0 unspecified atom stereocenters. The number of nitrogens with zero attached hydrogens (tertiary/aromatic N) is 4. The van der Waals surface area contributed by atoms with Gasteiger partial charge in [0.1, 0.15) is 0 Å². The molecule has 1 aromatic heterocycles. The molecule has 0 saturated heterocycles. The molecule has 1 aliphatic rings. The summed E-state index contributed by atoms with van der Waals surface area (Å²) in [5.74, 6) is 0.497. The second-order valence-electron chi connectivity index (χ2n) is 7.38. The lowest BCUT2D eigenvalue weighted by Gasteiger charge is -2.21. The van der Waals surface area contributed by atoms with Crippen molar-refractivity contribution in [2.45, 2.75) is 50.7 Å². The van der Waals surface area contributed by atoms with Crippen LogP contribution in [0.15, 0.2) is 29.4 Å². The van der Waals surface area contributed by atoms with Crippen molar-refractivity contribution in [3.05, 3.63) is 24.3 Å². The SMILES string of the molecule is CCN(CC)c1ccc(-c2nnc(SCC(=O)NC(=O)NC3CCCC3)n2C)cc1. The lowest BCUT2D eigenvalue weighted by molar-refractivity contribution is -0.117. The number of hydrogen-bond donors (Lipinski definition) is 2. The third-order valence-corrected chi connectivity index (χ3v) is 6.38. The topological polar surface area (TPSA) is 92.2 Å². The molecule has 1 heterocycles. The highest BCUT2D eigenvalue weighted by atomic mass is 32.2. The molecule has 30 heavy (non-hydrogen) atoms. The van der Waals surface area contributed by atoms with E-state index in [0.717, 1.165) is 50.2 Å². The van der Waals surface area contributed by atoms with Gasteiger partial charge in [0.2, 0.25) is 5.91 Å². The molecule has 1 fully saturated rings. The molecule has 162 valence electrons. The van der Waals surface area contributed by atoms with E-state index in [1.165, 1.54) is 17.4 Å². The van der Waals surface area contributed by atoms with Crippen LogP contribution in [0.1, 0.15) is 39.5 Å². The number of carbonyl (C=O) groups is 2. The van der Waals surface area contributed by atoms with Gasteiger partial charge in [0.15, 0.2) is 11.0 Å². The molecule has 2 N–H and O–H groups in total. The van der Waals surface area contributed by atoms with Gasteiger partial charge in [-0.15, -0.1) is 10.2 Å². The molecule has 0 atom stereocenters. The molecular formula is C21H30N6O2S. The predicted molar refractivity (Wildman–Crippen MR) is 120 cm³/mol. The quantitative estimate of drug-likeness (QED) is 0.625. The number of amides is 3. The molecule has 2 aromatic rings. The number of urea groups is 1. The van der Waals surface area contributed by atoms with Gasteiger partial charge >= 0.3 is 6.03 Å². The van der Waals surface area contributed by atoms with Crippen molar-refractivity contribution in [1.29, 1.82) is 0 Å². The van der Waals surface area contributed by atoms with Crippen LogP contribution in [0.3, 0.4) is 0 Å². The van der Waals surface area contributed by atoms with E-state index in [1.807, 2.05) is 23.7 Å². The van der Waals surface area contributed by atoms with Crippen LogP contribution in [0.4, 0.5) is 10.5 Å². The maximum Gasteiger partial charge on any atom is 0.321 e. The zero-order chi connectivity index (χ0) is 21.5. The molecule has 0 bridgehead atoms. The number of aromatic nitrogens is 3. The Kier molecular flexibility index (Phi) is 7.73. The molecule has 9 heteroatoms. The average Bonchev–Trinajstić information content (AvgIpc) is 3.37. The number of anilines is 1. The first-order valence-electron chi connectivity index (χ1n) is 10.5. The van der Waals surface area contributed by atoms with Crippen molar-refractivity contribution < 1.29 is 9.59 Å². The van der Waals surface area contributed by atoms with Crippen LogP contribution in [0.25, 0.3) is 11.4 Å². The van der Waals surface area contributed by atoms with Crippen LogP contribution in [-0.2, 0) is 11.8 Å². The Labute approximate surface area is 181 Å². The predicted octanol–water partition coefficient (Wildman–Crippen LogP) is 3.19. The summed E-state index contributed by atoms with van der Waals surface area (Å²) in [4.78, 5) is 26.3. The Morgan fingerprint density at radius 3 is 2.43 bits per heavy atom. The van der Waals surface area contributed by atoms with Crippen molar-refractivity contribution in [1.82, 2.24) is 25.4 Å². The van der Waals surface area contributed by atoms with Gasteiger partial charge in [-0.3, -0.25) is 10.1 Å². The van der Waals surface area contributed by atoms with Gasteiger partial charge in [-0.2, -0.15) is 0 Å². The number of benzene rings is 1. The summed E-state index contributed by atoms with van der Waals surface area (Å²) in [6.45, 7) is 6.19. The largest absolute Gasteiger partial charge is 0.372 e. The summed E-state index contributed by atoms with van der Waals surface area (Å²) in [7, 11) is 1.88. The van der Waals surface area contributed by atoms with E-state index in [-0.39, 0.29) is 17.7 Å². The molecule has 3 rings (SSSR count). The Hall–Kier alpha value is -2.55. The van der Waals surface area contributed by atoms with Crippen LogP contribution < -0.4 is 15.5 Å². The molecule has 0 radical (unpaired) electrons. The minimum absolute atomic E-state index is 0.102. The second-order valence-corrected chi connectivity index (χ2v) is 8.32. The molecule has 1 aromatic carbocycles. The molecule has 0 aliphatic heterocycles. The van der Waals surface area contributed by atoms with Crippen molar-refractivity contribution in [2.24, 2.45) is 7.05 Å². The summed E-state index contributed by atoms with van der Waals surface area (Å²) < 4.78 is 1.86. The van der Waals surface area contributed by atoms with Crippen molar-refractivity contribution in [2.75, 3.05) is 23.7 Å². The van der Waals surface area contributed by atoms with E-state index in [9.17, 15) is 9.59 Å². The number of nitrogens with one attached hydrogen (secondary N) is 2. The van der Waals surface area contributed by atoms with Crippen LogP contribution in [-0.4, -0.2) is 51.6 Å². The van der Waals surface area contributed by atoms with Crippen molar-refractivity contribution in [3.63, 3.8) is 0 Å². The third kappa shape index (κ3) is 5.53. The van der Waals surface area contributed by atoms with Crippen LogP contribution >= 0.6 is 11.8 Å². The fourth-order valence-corrected chi connectivity index (χ4v) is 4.40. The molecule has 1 aliphatic carbocycles. The van der Waals surface area contributed by atoms with E-state index >= 15 is 0 Å². The molecule has 8 nitrogen and oxygen atoms in total. The number of rotatable bonds is 8. The maximum absolute atomic E-state index is 12.1. The van der Waals surface area contributed by atoms with E-state index < -0.39 is 6.03 Å². The van der Waals surface area contributed by atoms with Gasteiger partial charge in [0, 0.05) is 37.4 Å². The molecule has 0 spiro atoms. The minimum atomic E-state index is -0.417. The van der Waals surface area contributed by atoms with E-state index in [2.05, 4.69) is 51.7 Å². The summed E-state index contributed by atoms with van der Waals surface area (Å²) in [5.41, 5.74) is 2.14. The lowest BCUT2D eigenvalue weighted by atomic mass is 10.2. The van der Waals surface area contributed by atoms with Crippen molar-refractivity contribution in [3.8, 4) is 11.4 Å². The van der Waals surface area contributed by atoms with Crippen LogP contribution in [0.2, 0.25) is 0 Å².